The fourth-order valence-corrected chi connectivity index (χ4v) is 16.2. The molecule has 422 valence electrons. The third kappa shape index (κ3) is 19.9. The zero-order chi connectivity index (χ0) is 55.0. The van der Waals surface area contributed by atoms with Crippen molar-refractivity contribution >= 4 is 34.2 Å². The van der Waals surface area contributed by atoms with Crippen molar-refractivity contribution in [1.82, 2.24) is 0 Å². The van der Waals surface area contributed by atoms with Crippen LogP contribution in [0.3, 0.4) is 0 Å². The second-order valence-corrected chi connectivity index (χ2v) is 40.9. The number of rotatable bonds is 21. The van der Waals surface area contributed by atoms with Crippen molar-refractivity contribution < 1.29 is 34.1 Å². The van der Waals surface area contributed by atoms with E-state index in [0.29, 0.717) is 71.4 Å². The summed E-state index contributed by atoms with van der Waals surface area (Å²) in [6.07, 6.45) is 26.3. The van der Waals surface area contributed by atoms with Gasteiger partial charge in [0, 0.05) is 18.6 Å². The van der Waals surface area contributed by atoms with Gasteiger partial charge in [0.15, 0.2) is 22.4 Å². The fourth-order valence-electron chi connectivity index (χ4n) is 13.4. The third-order valence-electron chi connectivity index (χ3n) is 19.8. The summed E-state index contributed by atoms with van der Waals surface area (Å²) in [5.74, 6) is 3.59. The number of fused-ring (bicyclic) bond motifs is 2. The topological polar surface area (TPSA) is 116 Å². The first-order valence-corrected chi connectivity index (χ1v) is 36.6. The molecule has 5 unspecified atom stereocenters. The van der Waals surface area contributed by atoms with Crippen LogP contribution in [0.1, 0.15) is 246 Å². The van der Waals surface area contributed by atoms with Gasteiger partial charge in [-0.1, -0.05) is 115 Å². The molecule has 0 radical (unpaired) electrons. The van der Waals surface area contributed by atoms with Crippen LogP contribution in [-0.4, -0.2) is 90.5 Å². The quantitative estimate of drug-likeness (QED) is 0.0840. The highest BCUT2D eigenvalue weighted by atomic mass is 32.2. The molecule has 0 heterocycles. The molecule has 4 aliphatic carbocycles. The van der Waals surface area contributed by atoms with Gasteiger partial charge in [-0.3, -0.25) is 4.79 Å². The Labute approximate surface area is 447 Å². The Balaban J connectivity index is 0.000000461. The maximum absolute atomic E-state index is 12.6. The number of carbonyl (C=O) groups is 1. The van der Waals surface area contributed by atoms with Crippen molar-refractivity contribution in [2.45, 2.75) is 317 Å². The van der Waals surface area contributed by atoms with Crippen LogP contribution in [0.4, 0.5) is 0 Å². The van der Waals surface area contributed by atoms with Crippen LogP contribution in [0.2, 0.25) is 36.3 Å². The molecule has 4 fully saturated rings. The van der Waals surface area contributed by atoms with E-state index >= 15 is 0 Å². The Morgan fingerprint density at radius 3 is 1.31 bits per heavy atom. The second-order valence-electron chi connectivity index (χ2n) is 30.6. The molecule has 0 aromatic carbocycles. The Bertz CT molecular complexity index is 1580. The van der Waals surface area contributed by atoms with Crippen LogP contribution in [0.15, 0.2) is 0 Å². The summed E-state index contributed by atoms with van der Waals surface area (Å²) < 4.78 is 14.1. The van der Waals surface area contributed by atoms with Gasteiger partial charge in [0.2, 0.25) is 0 Å². The lowest BCUT2D eigenvalue weighted by Gasteiger charge is -2.50. The maximum atomic E-state index is 12.6. The van der Waals surface area contributed by atoms with E-state index < -0.39 is 39.5 Å². The van der Waals surface area contributed by atoms with Gasteiger partial charge in [0.1, 0.15) is 5.60 Å². The summed E-state index contributed by atoms with van der Waals surface area (Å²) in [4.78, 5) is 12.6. The summed E-state index contributed by atoms with van der Waals surface area (Å²) >= 11 is 1.75. The molecule has 0 aromatic heterocycles. The summed E-state index contributed by atoms with van der Waals surface area (Å²) in [6.45, 7) is 46.3. The zero-order valence-corrected chi connectivity index (χ0v) is 54.1. The molecule has 71 heavy (non-hydrogen) atoms. The lowest BCUT2D eigenvalue weighted by atomic mass is 9.60. The Morgan fingerprint density at radius 2 is 0.972 bits per heavy atom. The lowest BCUT2D eigenvalue weighted by Crippen LogP contribution is -2.50. The maximum Gasteiger partial charge on any atom is 0.192 e. The normalized spacial score (nSPS) is 29.2. The summed E-state index contributed by atoms with van der Waals surface area (Å²) in [7, 11) is -3.62. The summed E-state index contributed by atoms with van der Waals surface area (Å²) in [5.41, 5.74) is -1.97. The predicted octanol–water partition coefficient (Wildman–Crippen LogP) is 16.6. The van der Waals surface area contributed by atoms with Gasteiger partial charge in [-0.2, -0.15) is 11.8 Å². The molecule has 11 atom stereocenters. The number of carbonyl (C=O) groups excluding carboxylic acids is 1. The molecule has 0 aromatic rings. The smallest absolute Gasteiger partial charge is 0.192 e. The summed E-state index contributed by atoms with van der Waals surface area (Å²) in [5, 5.41) is 41.9. The van der Waals surface area contributed by atoms with E-state index in [2.05, 4.69) is 102 Å². The van der Waals surface area contributed by atoms with E-state index in [1.807, 2.05) is 26.4 Å². The Morgan fingerprint density at radius 1 is 0.592 bits per heavy atom. The lowest BCUT2D eigenvalue weighted by molar-refractivity contribution is -0.134. The molecule has 0 spiro atoms. The number of hydrogen-bond acceptors (Lipinski definition) is 8. The third-order valence-corrected chi connectivity index (χ3v) is 28.8. The van der Waals surface area contributed by atoms with Gasteiger partial charge in [0.25, 0.3) is 0 Å². The van der Waals surface area contributed by atoms with Gasteiger partial charge in [-0.25, -0.2) is 0 Å². The van der Waals surface area contributed by atoms with Gasteiger partial charge in [-0.15, -0.1) is 0 Å². The molecule has 4 rings (SSSR count). The van der Waals surface area contributed by atoms with Gasteiger partial charge < -0.3 is 29.3 Å². The average molecular weight is 1060 g/mol. The van der Waals surface area contributed by atoms with E-state index in [-0.39, 0.29) is 21.3 Å². The van der Waals surface area contributed by atoms with Crippen molar-refractivity contribution in [1.29, 1.82) is 0 Å². The molecule has 4 N–H and O–H groups in total. The zero-order valence-electron chi connectivity index (χ0n) is 51.3. The second kappa shape index (κ2) is 26.2. The monoisotopic (exact) mass is 1050 g/mol. The number of Topliss-reactive ketones (excluding diaryl/α,β-unsaturated/α-hetero) is 1. The molecular formula is C61H122O7SSi2. The highest BCUT2D eigenvalue weighted by Crippen LogP contribution is 2.62. The van der Waals surface area contributed by atoms with Crippen LogP contribution in [0.25, 0.3) is 0 Å². The molecule has 10 heteroatoms. The van der Waals surface area contributed by atoms with E-state index in [1.54, 1.807) is 39.5 Å². The van der Waals surface area contributed by atoms with E-state index in [1.165, 1.54) is 83.5 Å². The van der Waals surface area contributed by atoms with Crippen LogP contribution in [0, 0.1) is 51.8 Å². The van der Waals surface area contributed by atoms with E-state index in [9.17, 15) is 25.2 Å². The standard InChI is InChI=1S/C30H60O3Si.C29H56O4Si.C2H6S/c1-27(2,3)20-12-14-22(16-19-26(31)29(7,8)32)23-17-18-24-25(15-13-21-30(23,24)9)33-34(10,11)28(4,5)6;1-26(2,3)34(9,10)33-24-14-12-20-29(8)22(16-17-23(24)29)21(13-11-19-27(4,5)31)15-18-25(30)28(6,7)32;1-3-2/h22-26,31-32H,12-21H2,1-11H3;21-24,31-32H,11-20H2,1-10H3;1-2H3/t22-,23?,24?,25-,26?,30+;21-,22?,23?,24-,29+;/m00./s1. The Hall–Kier alpha value is 0.214. The van der Waals surface area contributed by atoms with Crippen molar-refractivity contribution in [2.75, 3.05) is 12.5 Å². The minimum absolute atomic E-state index is 0.0533. The van der Waals surface area contributed by atoms with E-state index in [4.69, 9.17) is 8.85 Å². The predicted molar refractivity (Wildman–Crippen MR) is 312 cm³/mol. The van der Waals surface area contributed by atoms with Crippen LogP contribution < -0.4 is 0 Å². The minimum atomic E-state index is -1.83. The van der Waals surface area contributed by atoms with Gasteiger partial charge >= 0.3 is 0 Å². The van der Waals surface area contributed by atoms with Crippen molar-refractivity contribution in [3.05, 3.63) is 0 Å². The van der Waals surface area contributed by atoms with E-state index in [0.717, 1.165) is 32.1 Å². The van der Waals surface area contributed by atoms with Crippen LogP contribution >= 0.6 is 11.8 Å². The minimum Gasteiger partial charge on any atom is -0.414 e. The molecule has 0 bridgehead atoms. The first kappa shape index (κ1) is 67.3. The SMILES string of the molecule is CC(C)(C)CCC[C@@H](CCC(O)C(C)(C)O)C1CCC2[C@@H](O[Si](C)(C)C(C)(C)C)CCC[C@]12C.CC(C)(O)CCC[C@@H](CCC(=O)C(C)(C)O)C1CCC2[C@@H](O[Si](C)(C)C(C)(C)C)CCC[C@]12C.CSC. The average Bonchev–Trinajstić information content (AvgIpc) is 3.72. The van der Waals surface area contributed by atoms with Gasteiger partial charge in [-0.05, 0) is 226 Å². The number of aliphatic hydroxyl groups is 4. The highest BCUT2D eigenvalue weighted by molar-refractivity contribution is 7.97. The molecule has 0 aliphatic heterocycles. The van der Waals surface area contributed by atoms with Crippen LogP contribution in [0.5, 0.6) is 0 Å². The van der Waals surface area contributed by atoms with Gasteiger partial charge in [0.05, 0.1) is 17.3 Å². The molecule has 7 nitrogen and oxygen atoms in total. The Kier molecular flexibility index (Phi) is 24.9. The molecule has 0 saturated heterocycles. The van der Waals surface area contributed by atoms with Crippen molar-refractivity contribution in [2.24, 2.45) is 51.8 Å². The fraction of sp³-hybridized carbons (Fsp3) is 0.984. The first-order chi connectivity index (χ1) is 32.0. The van der Waals surface area contributed by atoms with Crippen molar-refractivity contribution in [3.8, 4) is 0 Å². The number of aliphatic hydroxyl groups excluding tert-OH is 1. The number of thioether (sulfide) groups is 1. The number of hydrogen-bond donors (Lipinski definition) is 4. The largest absolute Gasteiger partial charge is 0.414 e. The van der Waals surface area contributed by atoms with Crippen LogP contribution in [-0.2, 0) is 13.6 Å². The first-order valence-electron chi connectivity index (χ1n) is 29.1. The molecule has 4 aliphatic rings. The van der Waals surface area contributed by atoms with Crippen molar-refractivity contribution in [3.63, 3.8) is 0 Å². The molecule has 0 amide bonds. The molecule has 4 saturated carbocycles. The highest BCUT2D eigenvalue weighted by Gasteiger charge is 2.57. The summed E-state index contributed by atoms with van der Waals surface area (Å²) in [6, 6.07) is 0. The number of ketones is 1. The molecular weight excluding hydrogens is 933 g/mol.